The molecule has 0 aliphatic carbocycles. The van der Waals surface area contributed by atoms with Crippen LogP contribution in [0.15, 0.2) is 41.3 Å². The summed E-state index contributed by atoms with van der Waals surface area (Å²) in [6.07, 6.45) is 1.74. The minimum Gasteiger partial charge on any atom is -0.325 e. The van der Waals surface area contributed by atoms with Gasteiger partial charge in [0.2, 0.25) is 0 Å². The highest BCUT2D eigenvalue weighted by molar-refractivity contribution is 5.97. The first kappa shape index (κ1) is 13.1. The van der Waals surface area contributed by atoms with E-state index in [-0.39, 0.29) is 11.1 Å². The molecule has 3 aromatic rings. The standard InChI is InChI=1S/C17H13N3O/c1-10-5-6-12(13-4-3-7-19-16(10)13)14-8-11(2)20-17(21)15(14)9-18/h3-8H,1-2H3,(H,20,21). The Bertz CT molecular complexity index is 948. The van der Waals surface area contributed by atoms with E-state index in [9.17, 15) is 10.1 Å². The summed E-state index contributed by atoms with van der Waals surface area (Å²) in [5.74, 6) is 0. The molecule has 2 aromatic heterocycles. The number of hydrogen-bond donors (Lipinski definition) is 1. The van der Waals surface area contributed by atoms with Gasteiger partial charge in [0.05, 0.1) is 5.52 Å². The van der Waals surface area contributed by atoms with Crippen molar-refractivity contribution in [2.24, 2.45) is 0 Å². The molecule has 102 valence electrons. The predicted molar refractivity (Wildman–Crippen MR) is 82.0 cm³/mol. The van der Waals surface area contributed by atoms with Gasteiger partial charge in [-0.05, 0) is 37.1 Å². The van der Waals surface area contributed by atoms with E-state index in [4.69, 9.17) is 0 Å². The summed E-state index contributed by atoms with van der Waals surface area (Å²) < 4.78 is 0. The molecule has 0 spiro atoms. The van der Waals surface area contributed by atoms with Gasteiger partial charge in [0.1, 0.15) is 11.6 Å². The van der Waals surface area contributed by atoms with Crippen LogP contribution in [0.25, 0.3) is 22.0 Å². The molecule has 0 amide bonds. The number of nitriles is 1. The summed E-state index contributed by atoms with van der Waals surface area (Å²) in [6, 6.07) is 11.6. The number of nitrogens with zero attached hydrogens (tertiary/aromatic N) is 2. The molecule has 2 heterocycles. The van der Waals surface area contributed by atoms with Crippen LogP contribution < -0.4 is 5.56 Å². The number of fused-ring (bicyclic) bond motifs is 1. The van der Waals surface area contributed by atoms with E-state index in [0.29, 0.717) is 5.56 Å². The van der Waals surface area contributed by atoms with Gasteiger partial charge in [0, 0.05) is 22.8 Å². The first-order valence-electron chi connectivity index (χ1n) is 6.60. The molecule has 4 heteroatoms. The molecule has 0 saturated carbocycles. The summed E-state index contributed by atoms with van der Waals surface area (Å²) >= 11 is 0. The summed E-state index contributed by atoms with van der Waals surface area (Å²) in [4.78, 5) is 19.0. The fourth-order valence-corrected chi connectivity index (χ4v) is 2.56. The first-order chi connectivity index (χ1) is 10.1. The maximum absolute atomic E-state index is 12.0. The number of aryl methyl sites for hydroxylation is 2. The highest BCUT2D eigenvalue weighted by atomic mass is 16.1. The maximum atomic E-state index is 12.0. The SMILES string of the molecule is Cc1cc(-c2ccc(C)c3ncccc23)c(C#N)c(=O)[nH]1. The highest BCUT2D eigenvalue weighted by Gasteiger charge is 2.13. The van der Waals surface area contributed by atoms with Crippen molar-refractivity contribution in [3.8, 4) is 17.2 Å². The van der Waals surface area contributed by atoms with Gasteiger partial charge in [-0.1, -0.05) is 18.2 Å². The van der Waals surface area contributed by atoms with E-state index in [2.05, 4.69) is 9.97 Å². The van der Waals surface area contributed by atoms with Crippen molar-refractivity contribution in [1.82, 2.24) is 9.97 Å². The third kappa shape index (κ3) is 2.09. The van der Waals surface area contributed by atoms with Crippen molar-refractivity contribution >= 4 is 10.9 Å². The van der Waals surface area contributed by atoms with E-state index in [1.807, 2.05) is 43.3 Å². The molecule has 0 saturated heterocycles. The van der Waals surface area contributed by atoms with Crippen molar-refractivity contribution in [2.75, 3.05) is 0 Å². The number of pyridine rings is 2. The lowest BCUT2D eigenvalue weighted by atomic mass is 9.95. The van der Waals surface area contributed by atoms with E-state index in [1.54, 1.807) is 13.1 Å². The van der Waals surface area contributed by atoms with E-state index >= 15 is 0 Å². The zero-order valence-electron chi connectivity index (χ0n) is 11.8. The van der Waals surface area contributed by atoms with Crippen LogP contribution in [0.2, 0.25) is 0 Å². The molecule has 4 nitrogen and oxygen atoms in total. The molecule has 0 fully saturated rings. The molecular formula is C17H13N3O. The zero-order chi connectivity index (χ0) is 15.0. The van der Waals surface area contributed by atoms with Crippen LogP contribution in [-0.2, 0) is 0 Å². The molecule has 0 aliphatic heterocycles. The number of rotatable bonds is 1. The number of hydrogen-bond acceptors (Lipinski definition) is 3. The lowest BCUT2D eigenvalue weighted by molar-refractivity contribution is 1.13. The molecule has 21 heavy (non-hydrogen) atoms. The second-order valence-corrected chi connectivity index (χ2v) is 5.01. The van der Waals surface area contributed by atoms with Crippen molar-refractivity contribution < 1.29 is 0 Å². The molecule has 0 aliphatic rings. The van der Waals surface area contributed by atoms with E-state index < -0.39 is 0 Å². The van der Waals surface area contributed by atoms with Gasteiger partial charge in [-0.25, -0.2) is 0 Å². The Kier molecular flexibility index (Phi) is 3.03. The summed E-state index contributed by atoms with van der Waals surface area (Å²) in [5.41, 5.74) is 3.96. The second-order valence-electron chi connectivity index (χ2n) is 5.01. The van der Waals surface area contributed by atoms with E-state index in [0.717, 1.165) is 27.7 Å². The third-order valence-electron chi connectivity index (χ3n) is 3.54. The van der Waals surface area contributed by atoms with Crippen LogP contribution in [0.5, 0.6) is 0 Å². The first-order valence-corrected chi connectivity index (χ1v) is 6.60. The van der Waals surface area contributed by atoms with Crippen molar-refractivity contribution in [3.63, 3.8) is 0 Å². The number of nitrogens with one attached hydrogen (secondary N) is 1. The average molecular weight is 275 g/mol. The van der Waals surface area contributed by atoms with Gasteiger partial charge in [-0.15, -0.1) is 0 Å². The molecule has 1 aromatic carbocycles. The van der Waals surface area contributed by atoms with Gasteiger partial charge in [-0.3, -0.25) is 9.78 Å². The zero-order valence-corrected chi connectivity index (χ0v) is 11.8. The Morgan fingerprint density at radius 1 is 1.19 bits per heavy atom. The van der Waals surface area contributed by atoms with Crippen LogP contribution in [-0.4, -0.2) is 9.97 Å². The van der Waals surface area contributed by atoms with Crippen LogP contribution in [0.1, 0.15) is 16.8 Å². The van der Waals surface area contributed by atoms with Crippen molar-refractivity contribution in [2.45, 2.75) is 13.8 Å². The quantitative estimate of drug-likeness (QED) is 0.742. The molecular weight excluding hydrogens is 262 g/mol. The van der Waals surface area contributed by atoms with Gasteiger partial charge in [0.25, 0.3) is 5.56 Å². The number of benzene rings is 1. The minimum atomic E-state index is -0.356. The molecule has 0 bridgehead atoms. The van der Waals surface area contributed by atoms with Gasteiger partial charge in [-0.2, -0.15) is 5.26 Å². The third-order valence-corrected chi connectivity index (χ3v) is 3.54. The molecule has 3 rings (SSSR count). The number of aromatic nitrogens is 2. The van der Waals surface area contributed by atoms with Crippen LogP contribution in [0.4, 0.5) is 0 Å². The number of aromatic amines is 1. The van der Waals surface area contributed by atoms with Crippen LogP contribution in [0.3, 0.4) is 0 Å². The summed E-state index contributed by atoms with van der Waals surface area (Å²) in [7, 11) is 0. The lowest BCUT2D eigenvalue weighted by Crippen LogP contribution is -2.12. The monoisotopic (exact) mass is 275 g/mol. The molecule has 0 unspecified atom stereocenters. The second kappa shape index (κ2) is 4.88. The molecule has 1 N–H and O–H groups in total. The Balaban J connectivity index is 2.45. The molecule has 0 radical (unpaired) electrons. The maximum Gasteiger partial charge on any atom is 0.266 e. The summed E-state index contributed by atoms with van der Waals surface area (Å²) in [6.45, 7) is 3.80. The average Bonchev–Trinajstić information content (AvgIpc) is 2.47. The largest absolute Gasteiger partial charge is 0.325 e. The Morgan fingerprint density at radius 2 is 2.00 bits per heavy atom. The predicted octanol–water partition coefficient (Wildman–Crippen LogP) is 3.08. The number of H-pyrrole nitrogens is 1. The Labute approximate surface area is 121 Å². The lowest BCUT2D eigenvalue weighted by Gasteiger charge is -2.10. The Hall–Kier alpha value is -2.93. The van der Waals surface area contributed by atoms with Gasteiger partial charge >= 0.3 is 0 Å². The van der Waals surface area contributed by atoms with Crippen LogP contribution in [0, 0.1) is 25.2 Å². The summed E-state index contributed by atoms with van der Waals surface area (Å²) in [5, 5.41) is 10.2. The van der Waals surface area contributed by atoms with Gasteiger partial charge in [0.15, 0.2) is 0 Å². The van der Waals surface area contributed by atoms with Crippen molar-refractivity contribution in [3.05, 3.63) is 63.7 Å². The minimum absolute atomic E-state index is 0.134. The van der Waals surface area contributed by atoms with Crippen molar-refractivity contribution in [1.29, 1.82) is 5.26 Å². The normalized spacial score (nSPS) is 10.5. The topological polar surface area (TPSA) is 69.5 Å². The van der Waals surface area contributed by atoms with Gasteiger partial charge < -0.3 is 4.98 Å². The fraction of sp³-hybridized carbons (Fsp3) is 0.118. The van der Waals surface area contributed by atoms with Crippen LogP contribution >= 0.6 is 0 Å². The fourth-order valence-electron chi connectivity index (χ4n) is 2.56. The van der Waals surface area contributed by atoms with E-state index in [1.165, 1.54) is 0 Å². The Morgan fingerprint density at radius 3 is 2.76 bits per heavy atom. The smallest absolute Gasteiger partial charge is 0.266 e. The highest BCUT2D eigenvalue weighted by Crippen LogP contribution is 2.30. The molecule has 0 atom stereocenters.